The van der Waals surface area contributed by atoms with Gasteiger partial charge in [-0.2, -0.15) is 0 Å². The summed E-state index contributed by atoms with van der Waals surface area (Å²) in [6.45, 7) is 0. The first-order chi connectivity index (χ1) is 10.5. The molecule has 1 heterocycles. The van der Waals surface area contributed by atoms with Crippen LogP contribution < -0.4 is 4.74 Å². The minimum atomic E-state index is -2.14. The Kier molecular flexibility index (Phi) is 3.76. The molecule has 0 bridgehead atoms. The van der Waals surface area contributed by atoms with E-state index in [0.717, 1.165) is 15.6 Å². The summed E-state index contributed by atoms with van der Waals surface area (Å²) in [6.07, 6.45) is 1.38. The second kappa shape index (κ2) is 5.59. The maximum absolute atomic E-state index is 11.9. The van der Waals surface area contributed by atoms with Crippen LogP contribution >= 0.6 is 15.9 Å². The van der Waals surface area contributed by atoms with E-state index in [2.05, 4.69) is 20.7 Å². The fourth-order valence-electron chi connectivity index (χ4n) is 2.38. The third kappa shape index (κ3) is 2.53. The number of fused-ring (bicyclic) bond motifs is 1. The molecule has 0 spiro atoms. The predicted octanol–water partition coefficient (Wildman–Crippen LogP) is 3.13. The van der Waals surface area contributed by atoms with Crippen molar-refractivity contribution in [1.82, 2.24) is 0 Å². The summed E-state index contributed by atoms with van der Waals surface area (Å²) in [4.78, 5) is 11.9. The number of methoxy groups -OCH3 is 1. The number of benzene rings is 2. The Labute approximate surface area is 136 Å². The lowest BCUT2D eigenvalue weighted by Gasteiger charge is -2.30. The van der Waals surface area contributed by atoms with Gasteiger partial charge in [0.2, 0.25) is 0 Å². The number of carbonyl (C=O) groups excluding carboxylic acids is 1. The van der Waals surface area contributed by atoms with Gasteiger partial charge in [-0.1, -0.05) is 46.3 Å². The molecule has 1 aliphatic heterocycles. The second-order valence-electron chi connectivity index (χ2n) is 4.85. The lowest BCUT2D eigenvalue weighted by molar-refractivity contribution is -0.183. The van der Waals surface area contributed by atoms with E-state index >= 15 is 0 Å². The normalized spacial score (nSPS) is 19.7. The van der Waals surface area contributed by atoms with Crippen LogP contribution in [0, 0.1) is 0 Å². The van der Waals surface area contributed by atoms with Crippen molar-refractivity contribution in [1.29, 1.82) is 0 Å². The van der Waals surface area contributed by atoms with E-state index in [1.165, 1.54) is 13.2 Å². The molecule has 1 aliphatic rings. The van der Waals surface area contributed by atoms with Gasteiger partial charge in [0.1, 0.15) is 5.75 Å². The Morgan fingerprint density at radius 1 is 1.23 bits per heavy atom. The summed E-state index contributed by atoms with van der Waals surface area (Å²) in [7, 11) is 1.21. The molecule has 22 heavy (non-hydrogen) atoms. The SMILES string of the molecule is COC(=O)C1(O)C=C(c2ccccc2)c2cc(Br)ccc2O1. The van der Waals surface area contributed by atoms with Crippen molar-refractivity contribution in [3.63, 3.8) is 0 Å². The lowest BCUT2D eigenvalue weighted by Crippen LogP contribution is -2.45. The number of carbonyl (C=O) groups is 1. The molecule has 0 saturated carbocycles. The molecule has 2 aromatic carbocycles. The van der Waals surface area contributed by atoms with Crippen LogP contribution in [0.15, 0.2) is 59.1 Å². The molecular formula is C17H13BrO4. The maximum atomic E-state index is 11.9. The van der Waals surface area contributed by atoms with Crippen molar-refractivity contribution >= 4 is 27.5 Å². The first-order valence-corrected chi connectivity index (χ1v) is 7.41. The smallest absolute Gasteiger partial charge is 0.383 e. The highest BCUT2D eigenvalue weighted by atomic mass is 79.9. The van der Waals surface area contributed by atoms with E-state index in [9.17, 15) is 9.90 Å². The lowest BCUT2D eigenvalue weighted by atomic mass is 9.92. The van der Waals surface area contributed by atoms with E-state index in [4.69, 9.17) is 4.74 Å². The summed E-state index contributed by atoms with van der Waals surface area (Å²) in [5, 5.41) is 10.5. The molecular weight excluding hydrogens is 348 g/mol. The Morgan fingerprint density at radius 3 is 2.64 bits per heavy atom. The molecule has 1 atom stereocenters. The number of rotatable bonds is 2. The molecule has 0 saturated heterocycles. The van der Waals surface area contributed by atoms with Gasteiger partial charge in [-0.25, -0.2) is 4.79 Å². The van der Waals surface area contributed by atoms with Crippen LogP contribution in [-0.4, -0.2) is 24.0 Å². The Bertz CT molecular complexity index is 755. The summed E-state index contributed by atoms with van der Waals surface area (Å²) in [6, 6.07) is 14.8. The molecule has 1 N–H and O–H groups in total. The zero-order chi connectivity index (χ0) is 15.7. The van der Waals surface area contributed by atoms with E-state index in [0.29, 0.717) is 11.3 Å². The van der Waals surface area contributed by atoms with Crippen LogP contribution in [0.4, 0.5) is 0 Å². The number of halogens is 1. The van der Waals surface area contributed by atoms with Crippen molar-refractivity contribution in [3.05, 3.63) is 70.2 Å². The molecule has 3 rings (SSSR count). The van der Waals surface area contributed by atoms with Crippen LogP contribution in [0.2, 0.25) is 0 Å². The van der Waals surface area contributed by atoms with Crippen LogP contribution in [0.5, 0.6) is 5.75 Å². The van der Waals surface area contributed by atoms with Gasteiger partial charge in [-0.05, 0) is 29.3 Å². The number of hydrogen-bond donors (Lipinski definition) is 1. The topological polar surface area (TPSA) is 55.8 Å². The van der Waals surface area contributed by atoms with Gasteiger partial charge in [0, 0.05) is 16.1 Å². The van der Waals surface area contributed by atoms with E-state index < -0.39 is 11.8 Å². The van der Waals surface area contributed by atoms with Gasteiger partial charge in [-0.3, -0.25) is 0 Å². The Hall–Kier alpha value is -2.11. The van der Waals surface area contributed by atoms with Gasteiger partial charge < -0.3 is 14.6 Å². The monoisotopic (exact) mass is 360 g/mol. The Morgan fingerprint density at radius 2 is 1.95 bits per heavy atom. The van der Waals surface area contributed by atoms with Crippen molar-refractivity contribution in [3.8, 4) is 5.75 Å². The summed E-state index contributed by atoms with van der Waals surface area (Å²) >= 11 is 3.42. The summed E-state index contributed by atoms with van der Waals surface area (Å²) in [5.74, 6) is -2.59. The zero-order valence-electron chi connectivity index (χ0n) is 11.7. The van der Waals surface area contributed by atoms with Gasteiger partial charge >= 0.3 is 11.8 Å². The molecule has 2 aromatic rings. The average molecular weight is 361 g/mol. The molecule has 5 heteroatoms. The third-order valence-corrected chi connectivity index (χ3v) is 3.89. The molecule has 0 aliphatic carbocycles. The van der Waals surface area contributed by atoms with Crippen molar-refractivity contribution < 1.29 is 19.4 Å². The summed E-state index contributed by atoms with van der Waals surface area (Å²) in [5.41, 5.74) is 2.36. The van der Waals surface area contributed by atoms with Crippen molar-refractivity contribution in [2.24, 2.45) is 0 Å². The maximum Gasteiger partial charge on any atom is 0.383 e. The molecule has 0 radical (unpaired) electrons. The first-order valence-electron chi connectivity index (χ1n) is 6.61. The molecule has 0 aromatic heterocycles. The third-order valence-electron chi connectivity index (χ3n) is 3.40. The van der Waals surface area contributed by atoms with E-state index in [-0.39, 0.29) is 0 Å². The van der Waals surface area contributed by atoms with Gasteiger partial charge in [0.25, 0.3) is 0 Å². The minimum Gasteiger partial charge on any atom is -0.464 e. The van der Waals surface area contributed by atoms with Crippen LogP contribution in [0.3, 0.4) is 0 Å². The van der Waals surface area contributed by atoms with Crippen molar-refractivity contribution in [2.45, 2.75) is 5.79 Å². The molecule has 4 nitrogen and oxygen atoms in total. The highest BCUT2D eigenvalue weighted by Gasteiger charge is 2.42. The number of hydrogen-bond acceptors (Lipinski definition) is 4. The van der Waals surface area contributed by atoms with Crippen LogP contribution in [0.1, 0.15) is 11.1 Å². The van der Waals surface area contributed by atoms with E-state index in [1.54, 1.807) is 12.1 Å². The van der Waals surface area contributed by atoms with Crippen LogP contribution in [-0.2, 0) is 9.53 Å². The largest absolute Gasteiger partial charge is 0.464 e. The minimum absolute atomic E-state index is 0.414. The van der Waals surface area contributed by atoms with Gasteiger partial charge in [0.15, 0.2) is 0 Å². The Balaban J connectivity index is 2.21. The number of aliphatic hydroxyl groups is 1. The standard InChI is InChI=1S/C17H13BrO4/c1-21-16(19)17(20)10-14(11-5-3-2-4-6-11)13-9-12(18)7-8-15(13)22-17/h2-10,20H,1H3. The van der Waals surface area contributed by atoms with Crippen molar-refractivity contribution in [2.75, 3.05) is 7.11 Å². The highest BCUT2D eigenvalue weighted by molar-refractivity contribution is 9.10. The quantitative estimate of drug-likeness (QED) is 0.836. The fraction of sp³-hybridized carbons (Fsp3) is 0.118. The average Bonchev–Trinajstić information content (AvgIpc) is 2.54. The molecule has 0 amide bonds. The molecule has 0 fully saturated rings. The second-order valence-corrected chi connectivity index (χ2v) is 5.77. The molecule has 1 unspecified atom stereocenters. The number of esters is 1. The van der Waals surface area contributed by atoms with Crippen LogP contribution in [0.25, 0.3) is 5.57 Å². The van der Waals surface area contributed by atoms with Gasteiger partial charge in [0.05, 0.1) is 7.11 Å². The highest BCUT2D eigenvalue weighted by Crippen LogP contribution is 2.40. The fourth-order valence-corrected chi connectivity index (χ4v) is 2.74. The molecule has 112 valence electrons. The zero-order valence-corrected chi connectivity index (χ0v) is 13.3. The predicted molar refractivity (Wildman–Crippen MR) is 85.3 cm³/mol. The summed E-state index contributed by atoms with van der Waals surface area (Å²) < 4.78 is 11.0. The van der Waals surface area contributed by atoms with E-state index in [1.807, 2.05) is 36.4 Å². The van der Waals surface area contributed by atoms with Gasteiger partial charge in [-0.15, -0.1) is 0 Å². The number of ether oxygens (including phenoxy) is 2. The first kappa shape index (κ1) is 14.8.